The van der Waals surface area contributed by atoms with Crippen LogP contribution in [-0.2, 0) is 0 Å². The molecule has 10 atom stereocenters. The van der Waals surface area contributed by atoms with Gasteiger partial charge in [0.25, 0.3) is 0 Å². The number of allylic oxidation sites excluding steroid dienone is 1. The monoisotopic (exact) mass is 442 g/mol. The Morgan fingerprint density at radius 2 is 1.53 bits per heavy atom. The number of fused-ring (bicyclic) bond motifs is 5. The van der Waals surface area contributed by atoms with Crippen LogP contribution in [0, 0.1) is 58.2 Å². The molecule has 0 aliphatic heterocycles. The topological polar surface area (TPSA) is 20.2 Å². The van der Waals surface area contributed by atoms with E-state index in [1.54, 1.807) is 0 Å². The average molecular weight is 443 g/mol. The summed E-state index contributed by atoms with van der Waals surface area (Å²) in [4.78, 5) is 0. The molecular weight excluding hydrogens is 388 g/mol. The second-order valence-corrected chi connectivity index (χ2v) is 14.1. The number of hydrogen-bond donors (Lipinski definition) is 1. The Hall–Kier alpha value is -0.300. The van der Waals surface area contributed by atoms with Crippen LogP contribution in [0.2, 0.25) is 0 Å². The molecule has 1 N–H and O–H groups in total. The Morgan fingerprint density at radius 1 is 0.844 bits per heavy atom. The van der Waals surface area contributed by atoms with Crippen LogP contribution < -0.4 is 0 Å². The molecule has 0 radical (unpaired) electrons. The minimum atomic E-state index is -0.502. The van der Waals surface area contributed by atoms with Crippen molar-refractivity contribution in [1.82, 2.24) is 0 Å². The van der Waals surface area contributed by atoms with E-state index in [1.807, 2.05) is 0 Å². The van der Waals surface area contributed by atoms with Crippen molar-refractivity contribution in [1.29, 1.82) is 0 Å². The van der Waals surface area contributed by atoms with Gasteiger partial charge >= 0.3 is 0 Å². The predicted molar refractivity (Wildman–Crippen MR) is 137 cm³/mol. The first-order valence-electron chi connectivity index (χ1n) is 14.4. The normalized spacial score (nSPS) is 49.2. The van der Waals surface area contributed by atoms with Crippen molar-refractivity contribution in [2.24, 2.45) is 58.2 Å². The highest BCUT2D eigenvalue weighted by molar-refractivity contribution is 5.12. The van der Waals surface area contributed by atoms with Gasteiger partial charge in [0, 0.05) is 0 Å². The fraction of sp³-hybridized carbons (Fsp3) is 0.935. The molecule has 4 aliphatic rings. The Bertz CT molecular complexity index is 663. The molecule has 0 aromatic heterocycles. The van der Waals surface area contributed by atoms with Crippen LogP contribution in [0.1, 0.15) is 119 Å². The molecule has 4 fully saturated rings. The van der Waals surface area contributed by atoms with Crippen molar-refractivity contribution in [3.05, 3.63) is 12.7 Å². The minimum Gasteiger partial charge on any atom is -0.390 e. The van der Waals surface area contributed by atoms with E-state index in [-0.39, 0.29) is 0 Å². The second-order valence-electron chi connectivity index (χ2n) is 14.1. The van der Waals surface area contributed by atoms with E-state index >= 15 is 0 Å². The summed E-state index contributed by atoms with van der Waals surface area (Å²) in [5.41, 5.74) is 0.516. The summed E-state index contributed by atoms with van der Waals surface area (Å²) in [6.45, 7) is 18.9. The van der Waals surface area contributed by atoms with Gasteiger partial charge in [0.15, 0.2) is 0 Å². The Kier molecular flexibility index (Phi) is 7.02. The van der Waals surface area contributed by atoms with Gasteiger partial charge in [0.05, 0.1) is 5.60 Å². The average Bonchev–Trinajstić information content (AvgIpc) is 3.08. The molecule has 1 nitrogen and oxygen atoms in total. The highest BCUT2D eigenvalue weighted by Crippen LogP contribution is 2.69. The smallest absolute Gasteiger partial charge is 0.0653 e. The van der Waals surface area contributed by atoms with Crippen molar-refractivity contribution in [2.75, 3.05) is 0 Å². The summed E-state index contributed by atoms with van der Waals surface area (Å²) in [6.07, 6.45) is 18.2. The first-order valence-corrected chi connectivity index (χ1v) is 14.4. The summed E-state index contributed by atoms with van der Waals surface area (Å²) < 4.78 is 0. The maximum atomic E-state index is 11.3. The Labute approximate surface area is 200 Å². The Morgan fingerprint density at radius 3 is 2.22 bits per heavy atom. The molecule has 0 amide bonds. The minimum absolute atomic E-state index is 0.408. The molecule has 0 spiro atoms. The van der Waals surface area contributed by atoms with Crippen molar-refractivity contribution >= 4 is 0 Å². The molecule has 4 rings (SSSR count). The first-order chi connectivity index (χ1) is 15.0. The predicted octanol–water partition coefficient (Wildman–Crippen LogP) is 8.66. The van der Waals surface area contributed by atoms with Crippen LogP contribution in [-0.4, -0.2) is 10.7 Å². The van der Waals surface area contributed by atoms with Gasteiger partial charge in [-0.2, -0.15) is 0 Å². The maximum absolute atomic E-state index is 11.3. The molecule has 0 aromatic rings. The lowest BCUT2D eigenvalue weighted by molar-refractivity contribution is -0.178. The van der Waals surface area contributed by atoms with Crippen LogP contribution in [0.3, 0.4) is 0 Å². The lowest BCUT2D eigenvalue weighted by Gasteiger charge is -2.64. The van der Waals surface area contributed by atoms with Gasteiger partial charge < -0.3 is 5.11 Å². The molecule has 4 aliphatic carbocycles. The maximum Gasteiger partial charge on any atom is 0.0653 e. The fourth-order valence-corrected chi connectivity index (χ4v) is 10.3. The van der Waals surface area contributed by atoms with Crippen molar-refractivity contribution < 1.29 is 5.11 Å². The van der Waals surface area contributed by atoms with Crippen molar-refractivity contribution in [2.45, 2.75) is 124 Å². The molecule has 0 aromatic carbocycles. The zero-order valence-electron chi connectivity index (χ0n) is 22.3. The molecule has 1 heteroatoms. The summed E-state index contributed by atoms with van der Waals surface area (Å²) >= 11 is 0. The standard InChI is InChI=1S/C31H54O/c1-8-10-28-27-14-13-23-25-16-15-24(22(4)12-9-11-21(2)3)29(25,5)18-17-26(23)30(27,6)19-20-31(28,7)32/h8,21-28,32H,1,9-20H2,2-7H3/t22-,23+,24-,25+,26+,27+,28+,29-,30-,31+/m1/s1. The lowest BCUT2D eigenvalue weighted by atomic mass is 9.41. The lowest BCUT2D eigenvalue weighted by Crippen LogP contribution is -2.59. The van der Waals surface area contributed by atoms with Gasteiger partial charge in [-0.15, -0.1) is 6.58 Å². The molecule has 0 bridgehead atoms. The molecule has 0 saturated heterocycles. The van der Waals surface area contributed by atoms with Gasteiger partial charge in [-0.25, -0.2) is 0 Å². The van der Waals surface area contributed by atoms with Crippen LogP contribution in [0.25, 0.3) is 0 Å². The van der Waals surface area contributed by atoms with E-state index in [4.69, 9.17) is 0 Å². The van der Waals surface area contributed by atoms with Gasteiger partial charge in [-0.05, 0) is 123 Å². The number of aliphatic hydroxyl groups is 1. The SMILES string of the molecule is C=CC[C@H]1[C@@H]2CC[C@@H]3[C@H](CC[C@]4(C)[C@@H]([C@H](C)CCCC(C)C)CC[C@@H]34)[C@@]2(C)CC[C@]1(C)O. The summed E-state index contributed by atoms with van der Waals surface area (Å²) in [5, 5.41) is 11.3. The molecule has 32 heavy (non-hydrogen) atoms. The van der Waals surface area contributed by atoms with Gasteiger partial charge in [-0.1, -0.05) is 60.0 Å². The van der Waals surface area contributed by atoms with Crippen LogP contribution in [0.5, 0.6) is 0 Å². The first kappa shape index (κ1) is 24.8. The highest BCUT2D eigenvalue weighted by Gasteiger charge is 2.62. The van der Waals surface area contributed by atoms with E-state index in [0.29, 0.717) is 22.7 Å². The van der Waals surface area contributed by atoms with E-state index in [0.717, 1.165) is 48.3 Å². The third-order valence-electron chi connectivity index (χ3n) is 12.0. The molecule has 4 saturated carbocycles. The number of rotatable bonds is 7. The summed E-state index contributed by atoms with van der Waals surface area (Å²) in [5.74, 6) is 6.57. The Balaban J connectivity index is 1.50. The summed E-state index contributed by atoms with van der Waals surface area (Å²) in [7, 11) is 0. The third-order valence-corrected chi connectivity index (χ3v) is 12.0. The van der Waals surface area contributed by atoms with Crippen LogP contribution in [0.4, 0.5) is 0 Å². The second kappa shape index (κ2) is 9.05. The largest absolute Gasteiger partial charge is 0.390 e. The summed E-state index contributed by atoms with van der Waals surface area (Å²) in [6, 6.07) is 0. The van der Waals surface area contributed by atoms with Crippen molar-refractivity contribution in [3.8, 4) is 0 Å². The number of hydrogen-bond acceptors (Lipinski definition) is 1. The van der Waals surface area contributed by atoms with E-state index < -0.39 is 5.60 Å². The van der Waals surface area contributed by atoms with E-state index in [9.17, 15) is 5.11 Å². The molecular formula is C31H54O. The van der Waals surface area contributed by atoms with E-state index in [2.05, 4.69) is 54.2 Å². The van der Waals surface area contributed by atoms with Gasteiger partial charge in [0.2, 0.25) is 0 Å². The van der Waals surface area contributed by atoms with Crippen LogP contribution >= 0.6 is 0 Å². The van der Waals surface area contributed by atoms with E-state index in [1.165, 1.54) is 64.2 Å². The quantitative estimate of drug-likeness (QED) is 0.391. The molecule has 0 unspecified atom stereocenters. The molecule has 0 heterocycles. The zero-order chi connectivity index (χ0) is 23.3. The third kappa shape index (κ3) is 4.05. The highest BCUT2D eigenvalue weighted by atomic mass is 16.3. The molecule has 184 valence electrons. The fourth-order valence-electron chi connectivity index (χ4n) is 10.3. The zero-order valence-corrected chi connectivity index (χ0v) is 22.3. The van der Waals surface area contributed by atoms with Gasteiger partial charge in [-0.3, -0.25) is 0 Å². The van der Waals surface area contributed by atoms with Crippen molar-refractivity contribution in [3.63, 3.8) is 0 Å². The van der Waals surface area contributed by atoms with Crippen LogP contribution in [0.15, 0.2) is 12.7 Å². The van der Waals surface area contributed by atoms with Gasteiger partial charge in [0.1, 0.15) is 0 Å².